The molecule has 1 rings (SSSR count). The molecule has 4 nitrogen and oxygen atoms in total. The molecule has 16 heavy (non-hydrogen) atoms. The van der Waals surface area contributed by atoms with E-state index in [1.165, 1.54) is 0 Å². The molecule has 88 valence electrons. The average Bonchev–Trinajstić information content (AvgIpc) is 2.16. The molecular weight excluding hydrogens is 202 g/mol. The lowest BCUT2D eigenvalue weighted by Crippen LogP contribution is -2.45. The molecule has 0 radical (unpaired) electrons. The first kappa shape index (κ1) is 12.5. The highest BCUT2D eigenvalue weighted by molar-refractivity contribution is 5.99. The van der Waals surface area contributed by atoms with Gasteiger partial charge in [-0.25, -0.2) is 0 Å². The van der Waals surface area contributed by atoms with Crippen LogP contribution in [0.1, 0.15) is 13.8 Å². The molecule has 0 aliphatic heterocycles. The Morgan fingerprint density at radius 2 is 1.88 bits per heavy atom. The second-order valence-electron chi connectivity index (χ2n) is 4.59. The van der Waals surface area contributed by atoms with Crippen molar-refractivity contribution in [1.82, 2.24) is 0 Å². The molecule has 0 atom stereocenters. The van der Waals surface area contributed by atoms with E-state index in [9.17, 15) is 4.79 Å². The van der Waals surface area contributed by atoms with E-state index in [1.807, 2.05) is 43.3 Å². The lowest BCUT2D eigenvalue weighted by atomic mass is 10.1. The molecule has 1 aromatic carbocycles. The van der Waals surface area contributed by atoms with Crippen molar-refractivity contribution in [2.75, 3.05) is 24.3 Å². The van der Waals surface area contributed by atoms with Gasteiger partial charge in [0, 0.05) is 14.1 Å². The van der Waals surface area contributed by atoms with Crippen LogP contribution in [0.3, 0.4) is 0 Å². The summed E-state index contributed by atoms with van der Waals surface area (Å²) in [6.07, 6.45) is 0. The largest absolute Gasteiger partial charge is 0.376 e. The average molecular weight is 221 g/mol. The third kappa shape index (κ3) is 2.97. The predicted octanol–water partition coefficient (Wildman–Crippen LogP) is 1.43. The van der Waals surface area contributed by atoms with Gasteiger partial charge in [0.1, 0.15) is 0 Å². The van der Waals surface area contributed by atoms with Gasteiger partial charge in [0.15, 0.2) is 0 Å². The Morgan fingerprint density at radius 1 is 1.31 bits per heavy atom. The summed E-state index contributed by atoms with van der Waals surface area (Å²) >= 11 is 0. The second-order valence-corrected chi connectivity index (χ2v) is 4.59. The van der Waals surface area contributed by atoms with Crippen molar-refractivity contribution in [1.29, 1.82) is 0 Å². The summed E-state index contributed by atoms with van der Waals surface area (Å²) in [6, 6.07) is 7.61. The molecule has 0 aromatic heterocycles. The first-order valence-electron chi connectivity index (χ1n) is 5.19. The molecule has 3 N–H and O–H groups in total. The second kappa shape index (κ2) is 4.53. The lowest BCUT2D eigenvalue weighted by molar-refractivity contribution is -0.120. The topological polar surface area (TPSA) is 58.4 Å². The Hall–Kier alpha value is -1.55. The van der Waals surface area contributed by atoms with Crippen LogP contribution in [0.5, 0.6) is 0 Å². The molecule has 0 heterocycles. The Morgan fingerprint density at radius 3 is 2.38 bits per heavy atom. The van der Waals surface area contributed by atoms with Gasteiger partial charge in [-0.3, -0.25) is 4.79 Å². The number of hydrogen-bond acceptors (Lipinski definition) is 3. The van der Waals surface area contributed by atoms with E-state index in [0.29, 0.717) is 0 Å². The number of anilines is 2. The minimum atomic E-state index is -0.876. The number of benzene rings is 1. The van der Waals surface area contributed by atoms with E-state index in [4.69, 9.17) is 5.73 Å². The van der Waals surface area contributed by atoms with Crippen LogP contribution in [0.2, 0.25) is 0 Å². The molecule has 1 aromatic rings. The molecule has 0 aliphatic rings. The monoisotopic (exact) mass is 221 g/mol. The van der Waals surface area contributed by atoms with Crippen LogP contribution in [0.25, 0.3) is 0 Å². The molecule has 0 saturated heterocycles. The SMILES string of the molecule is CN(C)c1ccccc1NC(=O)C(C)(C)N. The van der Waals surface area contributed by atoms with Crippen molar-refractivity contribution in [3.05, 3.63) is 24.3 Å². The highest BCUT2D eigenvalue weighted by atomic mass is 16.2. The summed E-state index contributed by atoms with van der Waals surface area (Å²) in [5.74, 6) is -0.193. The van der Waals surface area contributed by atoms with E-state index >= 15 is 0 Å². The van der Waals surface area contributed by atoms with Gasteiger partial charge in [0.25, 0.3) is 0 Å². The van der Waals surface area contributed by atoms with Gasteiger partial charge < -0.3 is 16.0 Å². The molecular formula is C12H19N3O. The fraction of sp³-hybridized carbons (Fsp3) is 0.417. The normalized spacial score (nSPS) is 11.1. The maximum atomic E-state index is 11.8. The maximum absolute atomic E-state index is 11.8. The molecule has 0 saturated carbocycles. The number of amides is 1. The van der Waals surface area contributed by atoms with Crippen molar-refractivity contribution in [3.8, 4) is 0 Å². The van der Waals surface area contributed by atoms with Crippen LogP contribution in [0.15, 0.2) is 24.3 Å². The highest BCUT2D eigenvalue weighted by Crippen LogP contribution is 2.23. The number of hydrogen-bond donors (Lipinski definition) is 2. The van der Waals surface area contributed by atoms with Gasteiger partial charge in [-0.2, -0.15) is 0 Å². The zero-order valence-corrected chi connectivity index (χ0v) is 10.2. The van der Waals surface area contributed by atoms with Gasteiger partial charge in [-0.1, -0.05) is 12.1 Å². The number of nitrogens with zero attached hydrogens (tertiary/aromatic N) is 1. The van der Waals surface area contributed by atoms with Crippen LogP contribution in [0.4, 0.5) is 11.4 Å². The summed E-state index contributed by atoms with van der Waals surface area (Å²) < 4.78 is 0. The Kier molecular flexibility index (Phi) is 3.55. The van der Waals surface area contributed by atoms with E-state index in [0.717, 1.165) is 11.4 Å². The van der Waals surface area contributed by atoms with Crippen molar-refractivity contribution in [2.24, 2.45) is 5.73 Å². The predicted molar refractivity (Wildman–Crippen MR) is 67.7 cm³/mol. The smallest absolute Gasteiger partial charge is 0.243 e. The third-order valence-corrected chi connectivity index (χ3v) is 2.22. The van der Waals surface area contributed by atoms with E-state index in [1.54, 1.807) is 13.8 Å². The van der Waals surface area contributed by atoms with Gasteiger partial charge >= 0.3 is 0 Å². The lowest BCUT2D eigenvalue weighted by Gasteiger charge is -2.22. The fourth-order valence-electron chi connectivity index (χ4n) is 1.25. The molecule has 0 aliphatic carbocycles. The van der Waals surface area contributed by atoms with Gasteiger partial charge in [-0.05, 0) is 26.0 Å². The number of rotatable bonds is 3. The van der Waals surface area contributed by atoms with Crippen LogP contribution in [-0.2, 0) is 4.79 Å². The van der Waals surface area contributed by atoms with Crippen LogP contribution >= 0.6 is 0 Å². The number of nitrogens with one attached hydrogen (secondary N) is 1. The quantitative estimate of drug-likeness (QED) is 0.811. The Bertz CT molecular complexity index is 380. The van der Waals surface area contributed by atoms with Crippen LogP contribution < -0.4 is 16.0 Å². The fourth-order valence-corrected chi connectivity index (χ4v) is 1.25. The van der Waals surface area contributed by atoms with Crippen LogP contribution in [-0.4, -0.2) is 25.5 Å². The minimum Gasteiger partial charge on any atom is -0.376 e. The van der Waals surface area contributed by atoms with Gasteiger partial charge in [-0.15, -0.1) is 0 Å². The number of carbonyl (C=O) groups excluding carboxylic acids is 1. The van der Waals surface area contributed by atoms with Crippen molar-refractivity contribution >= 4 is 17.3 Å². The first-order valence-corrected chi connectivity index (χ1v) is 5.19. The van der Waals surface area contributed by atoms with Crippen molar-refractivity contribution in [3.63, 3.8) is 0 Å². The molecule has 0 unspecified atom stereocenters. The molecule has 0 spiro atoms. The summed E-state index contributed by atoms with van der Waals surface area (Å²) in [7, 11) is 3.86. The standard InChI is InChI=1S/C12H19N3O/c1-12(2,13)11(16)14-9-7-5-6-8-10(9)15(3)4/h5-8H,13H2,1-4H3,(H,14,16). The van der Waals surface area contributed by atoms with Crippen molar-refractivity contribution < 1.29 is 4.79 Å². The highest BCUT2D eigenvalue weighted by Gasteiger charge is 2.22. The van der Waals surface area contributed by atoms with Gasteiger partial charge in [0.2, 0.25) is 5.91 Å². The summed E-state index contributed by atoms with van der Waals surface area (Å²) in [6.45, 7) is 3.36. The van der Waals surface area contributed by atoms with Crippen LogP contribution in [0, 0.1) is 0 Å². The molecule has 0 bridgehead atoms. The zero-order valence-electron chi connectivity index (χ0n) is 10.2. The van der Waals surface area contributed by atoms with Gasteiger partial charge in [0.05, 0.1) is 16.9 Å². The van der Waals surface area contributed by atoms with E-state index in [-0.39, 0.29) is 5.91 Å². The number of para-hydroxylation sites is 2. The number of nitrogens with two attached hydrogens (primary N) is 1. The first-order chi connectivity index (χ1) is 7.32. The molecule has 0 fully saturated rings. The zero-order chi connectivity index (χ0) is 12.3. The summed E-state index contributed by atoms with van der Waals surface area (Å²) in [5.41, 5.74) is 6.58. The molecule has 4 heteroatoms. The Balaban J connectivity index is 2.94. The summed E-state index contributed by atoms with van der Waals surface area (Å²) in [5, 5.41) is 2.83. The Labute approximate surface area is 96.4 Å². The minimum absolute atomic E-state index is 0.193. The van der Waals surface area contributed by atoms with E-state index < -0.39 is 5.54 Å². The third-order valence-electron chi connectivity index (χ3n) is 2.22. The maximum Gasteiger partial charge on any atom is 0.243 e. The molecule has 1 amide bonds. The summed E-state index contributed by atoms with van der Waals surface area (Å²) in [4.78, 5) is 13.7. The van der Waals surface area contributed by atoms with E-state index in [2.05, 4.69) is 5.32 Å². The van der Waals surface area contributed by atoms with Crippen molar-refractivity contribution in [2.45, 2.75) is 19.4 Å². The number of carbonyl (C=O) groups is 1.